The van der Waals surface area contributed by atoms with Crippen molar-refractivity contribution < 1.29 is 13.2 Å². The zero-order valence-corrected chi connectivity index (χ0v) is 17.5. The minimum absolute atomic E-state index is 0.00126. The van der Waals surface area contributed by atoms with Crippen molar-refractivity contribution in [2.75, 3.05) is 26.2 Å². The van der Waals surface area contributed by atoms with Gasteiger partial charge >= 0.3 is 0 Å². The fraction of sp³-hybridized carbons (Fsp3) is 0.474. The molecule has 27 heavy (non-hydrogen) atoms. The second kappa shape index (κ2) is 8.08. The maximum atomic E-state index is 12.9. The van der Waals surface area contributed by atoms with Gasteiger partial charge in [0.25, 0.3) is 0 Å². The third-order valence-corrected chi connectivity index (χ3v) is 7.51. The monoisotopic (exact) mass is 407 g/mol. The first kappa shape index (κ1) is 20.0. The van der Waals surface area contributed by atoms with E-state index in [0.717, 1.165) is 16.3 Å². The van der Waals surface area contributed by atoms with Gasteiger partial charge in [0.15, 0.2) is 0 Å². The van der Waals surface area contributed by atoms with E-state index in [-0.39, 0.29) is 12.3 Å². The topological polar surface area (TPSA) is 70.6 Å². The summed E-state index contributed by atoms with van der Waals surface area (Å²) in [6, 6.07) is 7.08. The van der Waals surface area contributed by atoms with Crippen LogP contribution in [0.4, 0.5) is 0 Å². The molecule has 0 N–H and O–H groups in total. The summed E-state index contributed by atoms with van der Waals surface area (Å²) in [5.74, 6) is 0.358. The SMILES string of the molecule is Cc1nc(CC(=O)N2CCN(S(=O)(=O)c3ccc(C(C)C)cc3)CC2)cs1. The van der Waals surface area contributed by atoms with Gasteiger partial charge in [0.1, 0.15) is 0 Å². The largest absolute Gasteiger partial charge is 0.340 e. The third-order valence-electron chi connectivity index (χ3n) is 4.77. The Morgan fingerprint density at radius 2 is 1.78 bits per heavy atom. The quantitative estimate of drug-likeness (QED) is 0.764. The van der Waals surface area contributed by atoms with Gasteiger partial charge in [-0.2, -0.15) is 4.31 Å². The second-order valence-corrected chi connectivity index (χ2v) is 10.0. The minimum Gasteiger partial charge on any atom is -0.340 e. The highest BCUT2D eigenvalue weighted by atomic mass is 32.2. The van der Waals surface area contributed by atoms with Crippen molar-refractivity contribution >= 4 is 27.3 Å². The van der Waals surface area contributed by atoms with E-state index in [2.05, 4.69) is 18.8 Å². The molecule has 0 saturated carbocycles. The number of thiazole rings is 1. The highest BCUT2D eigenvalue weighted by molar-refractivity contribution is 7.89. The van der Waals surface area contributed by atoms with E-state index in [4.69, 9.17) is 0 Å². The van der Waals surface area contributed by atoms with E-state index >= 15 is 0 Å². The first-order valence-electron chi connectivity index (χ1n) is 9.06. The highest BCUT2D eigenvalue weighted by Crippen LogP contribution is 2.21. The molecule has 1 aliphatic rings. The molecule has 1 saturated heterocycles. The van der Waals surface area contributed by atoms with Crippen molar-refractivity contribution in [1.82, 2.24) is 14.2 Å². The Hall–Kier alpha value is -1.77. The van der Waals surface area contributed by atoms with Gasteiger partial charge in [0.2, 0.25) is 15.9 Å². The van der Waals surface area contributed by atoms with E-state index in [0.29, 0.717) is 37.0 Å². The van der Waals surface area contributed by atoms with E-state index in [1.54, 1.807) is 17.0 Å². The molecule has 146 valence electrons. The van der Waals surface area contributed by atoms with Crippen LogP contribution in [0.25, 0.3) is 0 Å². The van der Waals surface area contributed by atoms with Crippen LogP contribution in [-0.4, -0.2) is 54.7 Å². The summed E-state index contributed by atoms with van der Waals surface area (Å²) >= 11 is 1.53. The summed E-state index contributed by atoms with van der Waals surface area (Å²) in [6.07, 6.45) is 0.272. The maximum absolute atomic E-state index is 12.9. The first-order valence-corrected chi connectivity index (χ1v) is 11.4. The zero-order valence-electron chi connectivity index (χ0n) is 15.9. The van der Waals surface area contributed by atoms with Gasteiger partial charge < -0.3 is 4.90 Å². The first-order chi connectivity index (χ1) is 12.8. The number of aryl methyl sites for hydroxylation is 1. The number of benzene rings is 1. The third kappa shape index (κ3) is 4.56. The lowest BCUT2D eigenvalue weighted by Crippen LogP contribution is -2.50. The zero-order chi connectivity index (χ0) is 19.6. The number of sulfonamides is 1. The van der Waals surface area contributed by atoms with Gasteiger partial charge in [0.05, 0.1) is 22.0 Å². The number of piperazine rings is 1. The summed E-state index contributed by atoms with van der Waals surface area (Å²) in [6.45, 7) is 7.51. The Morgan fingerprint density at radius 1 is 1.15 bits per heavy atom. The fourth-order valence-electron chi connectivity index (χ4n) is 3.11. The molecule has 1 amide bonds. The van der Waals surface area contributed by atoms with Crippen molar-refractivity contribution in [2.24, 2.45) is 0 Å². The van der Waals surface area contributed by atoms with Crippen LogP contribution in [0.1, 0.15) is 36.0 Å². The van der Waals surface area contributed by atoms with Crippen LogP contribution in [0.5, 0.6) is 0 Å². The molecule has 1 fully saturated rings. The van der Waals surface area contributed by atoms with Gasteiger partial charge in [-0.05, 0) is 30.5 Å². The standard InChI is InChI=1S/C19H25N3O3S2/c1-14(2)16-4-6-18(7-5-16)27(24,25)22-10-8-21(9-11-22)19(23)12-17-13-26-15(3)20-17/h4-7,13-14H,8-12H2,1-3H3. The van der Waals surface area contributed by atoms with E-state index in [9.17, 15) is 13.2 Å². The van der Waals surface area contributed by atoms with Crippen molar-refractivity contribution in [3.63, 3.8) is 0 Å². The molecule has 0 radical (unpaired) electrons. The van der Waals surface area contributed by atoms with Gasteiger partial charge in [-0.1, -0.05) is 26.0 Å². The number of hydrogen-bond acceptors (Lipinski definition) is 5. The average Bonchev–Trinajstić information content (AvgIpc) is 3.06. The number of rotatable bonds is 5. The molecule has 0 unspecified atom stereocenters. The molecule has 0 aliphatic carbocycles. The molecule has 2 heterocycles. The Kier molecular flexibility index (Phi) is 5.98. The van der Waals surface area contributed by atoms with Gasteiger partial charge in [0, 0.05) is 31.6 Å². The normalized spacial score (nSPS) is 16.1. The van der Waals surface area contributed by atoms with Gasteiger partial charge in [-0.25, -0.2) is 13.4 Å². The van der Waals surface area contributed by atoms with Crippen LogP contribution >= 0.6 is 11.3 Å². The molecule has 1 aromatic heterocycles. The Balaban J connectivity index is 1.61. The summed E-state index contributed by atoms with van der Waals surface area (Å²) in [5, 5.41) is 2.84. The van der Waals surface area contributed by atoms with Crippen molar-refractivity contribution in [1.29, 1.82) is 0 Å². The molecule has 1 aliphatic heterocycles. The number of amides is 1. The molecule has 6 nitrogen and oxygen atoms in total. The number of carbonyl (C=O) groups excluding carboxylic acids is 1. The Bertz CT molecular complexity index is 897. The van der Waals surface area contributed by atoms with Crippen LogP contribution in [0.2, 0.25) is 0 Å². The van der Waals surface area contributed by atoms with Crippen LogP contribution in [0, 0.1) is 6.92 Å². The molecule has 0 spiro atoms. The number of aromatic nitrogens is 1. The van der Waals surface area contributed by atoms with Crippen molar-refractivity contribution in [3.05, 3.63) is 45.9 Å². The second-order valence-electron chi connectivity index (χ2n) is 7.04. The molecule has 1 aromatic carbocycles. The molecular weight excluding hydrogens is 382 g/mol. The van der Waals surface area contributed by atoms with Crippen LogP contribution in [0.15, 0.2) is 34.5 Å². The van der Waals surface area contributed by atoms with E-state index < -0.39 is 10.0 Å². The molecule has 8 heteroatoms. The lowest BCUT2D eigenvalue weighted by molar-refractivity contribution is -0.131. The number of carbonyl (C=O) groups is 1. The van der Waals surface area contributed by atoms with Crippen LogP contribution in [-0.2, 0) is 21.2 Å². The Morgan fingerprint density at radius 3 is 2.30 bits per heavy atom. The summed E-state index contributed by atoms with van der Waals surface area (Å²) in [4.78, 5) is 18.8. The molecule has 3 rings (SSSR count). The summed E-state index contributed by atoms with van der Waals surface area (Å²) in [5.41, 5.74) is 1.89. The van der Waals surface area contributed by atoms with Crippen LogP contribution < -0.4 is 0 Å². The highest BCUT2D eigenvalue weighted by Gasteiger charge is 2.30. The summed E-state index contributed by atoms with van der Waals surface area (Å²) < 4.78 is 27.2. The smallest absolute Gasteiger partial charge is 0.243 e. The molecule has 0 atom stereocenters. The predicted octanol–water partition coefficient (Wildman–Crippen LogP) is 2.65. The molecule has 2 aromatic rings. The predicted molar refractivity (Wildman–Crippen MR) is 106 cm³/mol. The number of nitrogens with zero attached hydrogens (tertiary/aromatic N) is 3. The summed E-state index contributed by atoms with van der Waals surface area (Å²) in [7, 11) is -3.52. The lowest BCUT2D eigenvalue weighted by atomic mass is 10.0. The fourth-order valence-corrected chi connectivity index (χ4v) is 5.14. The minimum atomic E-state index is -3.52. The van der Waals surface area contributed by atoms with Gasteiger partial charge in [-0.15, -0.1) is 11.3 Å². The number of hydrogen-bond donors (Lipinski definition) is 0. The van der Waals surface area contributed by atoms with Crippen LogP contribution in [0.3, 0.4) is 0 Å². The van der Waals surface area contributed by atoms with E-state index in [1.165, 1.54) is 15.6 Å². The van der Waals surface area contributed by atoms with Crippen molar-refractivity contribution in [2.45, 2.75) is 38.0 Å². The Labute approximate surface area is 164 Å². The lowest BCUT2D eigenvalue weighted by Gasteiger charge is -2.34. The van der Waals surface area contributed by atoms with Gasteiger partial charge in [-0.3, -0.25) is 4.79 Å². The van der Waals surface area contributed by atoms with Crippen molar-refractivity contribution in [3.8, 4) is 0 Å². The maximum Gasteiger partial charge on any atom is 0.243 e. The van der Waals surface area contributed by atoms with E-state index in [1.807, 2.05) is 24.4 Å². The molecular formula is C19H25N3O3S2. The average molecular weight is 408 g/mol. The molecule has 0 bridgehead atoms.